The number of furan rings is 1. The summed E-state index contributed by atoms with van der Waals surface area (Å²) < 4.78 is 23.3. The van der Waals surface area contributed by atoms with Crippen molar-refractivity contribution in [1.82, 2.24) is 48.2 Å². The van der Waals surface area contributed by atoms with Crippen LogP contribution in [0.15, 0.2) is 453 Å². The van der Waals surface area contributed by atoms with E-state index in [0.717, 1.165) is 170 Å². The molecule has 11 heterocycles. The molecule has 14 heteroatoms. The van der Waals surface area contributed by atoms with E-state index in [1.54, 1.807) is 34.0 Å². The minimum atomic E-state index is -0.143. The smallest absolute Gasteiger partial charge is 0.160 e. The summed E-state index contributed by atoms with van der Waals surface area (Å²) in [7, 11) is 0. The molecule has 0 fully saturated rings. The lowest BCUT2D eigenvalue weighted by Gasteiger charge is -2.23. The number of para-hydroxylation sites is 7. The molecule has 11 aromatic heterocycles. The molecule has 11 nitrogen and oxygen atoms in total. The lowest BCUT2D eigenvalue weighted by Crippen LogP contribution is -2.16. The number of benzene rings is 19. The van der Waals surface area contributed by atoms with Crippen molar-refractivity contribution in [3.63, 3.8) is 0 Å². The van der Waals surface area contributed by atoms with Gasteiger partial charge in [-0.15, -0.1) is 34.0 Å². The topological polar surface area (TPSA) is 110 Å². The van der Waals surface area contributed by atoms with Crippen molar-refractivity contribution in [2.75, 3.05) is 0 Å². The Morgan fingerprint density at radius 2 is 0.573 bits per heavy atom. The number of rotatable bonds is 10. The van der Waals surface area contributed by atoms with Crippen LogP contribution < -0.4 is 0 Å². The first kappa shape index (κ1) is 82.2. The Bertz CT molecular complexity index is 10500. The largest absolute Gasteiger partial charge is 0.454 e. The highest BCUT2D eigenvalue weighted by Gasteiger charge is 2.39. The fourth-order valence-electron chi connectivity index (χ4n) is 22.6. The van der Waals surface area contributed by atoms with Crippen molar-refractivity contribution in [1.29, 1.82) is 0 Å². The second kappa shape index (κ2) is 32.6. The highest BCUT2D eigenvalue weighted by atomic mass is 32.1. The van der Waals surface area contributed by atoms with Crippen LogP contribution in [-0.4, -0.2) is 48.2 Å². The maximum absolute atomic E-state index is 6.65. The van der Waals surface area contributed by atoms with E-state index in [2.05, 4.69) is 426 Å². The maximum Gasteiger partial charge on any atom is 0.160 e. The van der Waals surface area contributed by atoms with Gasteiger partial charge in [0.15, 0.2) is 23.1 Å². The van der Waals surface area contributed by atoms with Crippen LogP contribution in [0.5, 0.6) is 0 Å². The summed E-state index contributed by atoms with van der Waals surface area (Å²) in [6.07, 6.45) is 0. The molecule has 0 spiro atoms. The van der Waals surface area contributed by atoms with E-state index >= 15 is 0 Å². The third kappa shape index (κ3) is 12.9. The molecule has 0 amide bonds. The van der Waals surface area contributed by atoms with Gasteiger partial charge < -0.3 is 22.7 Å². The number of fused-ring (bicyclic) bond motifs is 30. The highest BCUT2D eigenvalue weighted by molar-refractivity contribution is 7.27. The predicted molar refractivity (Wildman–Crippen MR) is 600 cm³/mol. The first-order valence-corrected chi connectivity index (χ1v) is 50.7. The molecule has 143 heavy (non-hydrogen) atoms. The molecule has 0 saturated carbocycles. The first-order valence-electron chi connectivity index (χ1n) is 48.3. The van der Waals surface area contributed by atoms with Crippen LogP contribution in [0.2, 0.25) is 0 Å². The summed E-state index contributed by atoms with van der Waals surface area (Å²) in [5.74, 6) is 2.20. The average molecular weight is 1880 g/mol. The molecule has 1 aliphatic rings. The van der Waals surface area contributed by atoms with Gasteiger partial charge in [-0.3, -0.25) is 0 Å². The fourth-order valence-corrected chi connectivity index (χ4v) is 26.1. The summed E-state index contributed by atoms with van der Waals surface area (Å²) in [5.41, 5.74) is 32.9. The molecule has 0 aliphatic heterocycles. The molecule has 31 rings (SSSR count). The minimum Gasteiger partial charge on any atom is -0.454 e. The van der Waals surface area contributed by atoms with Crippen LogP contribution in [0.3, 0.4) is 0 Å². The van der Waals surface area contributed by atoms with E-state index in [1.165, 1.54) is 113 Å². The summed E-state index contributed by atoms with van der Waals surface area (Å²) in [6.45, 7) is 4.75. The lowest BCUT2D eigenvalue weighted by atomic mass is 9.81. The second-order valence-electron chi connectivity index (χ2n) is 37.3. The van der Waals surface area contributed by atoms with Crippen LogP contribution in [0.1, 0.15) is 25.0 Å². The summed E-state index contributed by atoms with van der Waals surface area (Å²) in [5, 5.41) is 15.5. The summed E-state index contributed by atoms with van der Waals surface area (Å²) in [4.78, 5) is 31.4. The fraction of sp³-hybridized carbons (Fsp3) is 0.0233. The molecule has 670 valence electrons. The Morgan fingerprint density at radius 1 is 0.231 bits per heavy atom. The van der Waals surface area contributed by atoms with Crippen LogP contribution in [0, 0.1) is 0 Å². The van der Waals surface area contributed by atoms with Crippen molar-refractivity contribution in [3.05, 3.63) is 460 Å². The zero-order valence-electron chi connectivity index (χ0n) is 77.3. The summed E-state index contributed by atoms with van der Waals surface area (Å²) >= 11 is 5.29. The Morgan fingerprint density at radius 3 is 1.07 bits per heavy atom. The van der Waals surface area contributed by atoms with Crippen LogP contribution in [-0.2, 0) is 5.41 Å². The SMILES string of the molecule is CC1(C)c2ccccc2-c2ccc3c4ccccc4n(-c4cccc(-c5nc(-c6ccccc6)nc6c5sc5ccccc56)c4)c3c21.c1ccc(-c2nc(-c3cccc(-n4c5ccccc5c5ccc6c7ccccc7n(-c7ccccc7)c6c54)c3)c3sc4ccccc4c3n2)cc1.c1ccc(-c2nc(-c3ccccc3-n3c4ccccc4c4ccc5c6ccccc6oc5c43)c3sc4ccccc4c3n2)cc1. The first-order chi connectivity index (χ1) is 70.7. The molecule has 0 atom stereocenters. The number of nitrogens with zero attached hydrogens (tertiary/aromatic N) is 10. The third-order valence-corrected chi connectivity index (χ3v) is 32.4. The van der Waals surface area contributed by atoms with Crippen molar-refractivity contribution >= 4 is 204 Å². The number of hydrogen-bond donors (Lipinski definition) is 0. The number of hydrogen-bond acceptors (Lipinski definition) is 10. The van der Waals surface area contributed by atoms with Gasteiger partial charge in [0.05, 0.1) is 97.6 Å². The standard InChI is InChI=1S/C46H28N4S.C43H29N3S.C40H23N3OS/c1-3-14-29(15-4-1)46-47-41(45-42(48-46)37-22-9-12-25-40(37)51-45)30-16-13-19-32(28-30)50-39-24-11-8-21-34(39)36-27-26-35-33-20-7-10-23-38(33)49(43(35)44(36)50)31-17-5-2-6-18-31;1-43(2)34-20-9-6-17-29(34)31-23-24-32-30-18-7-10-21-35(30)46(40(32)37(31)43)28-16-12-15-27(25-28)38-41-39(33-19-8-11-22-36(33)47-41)45-42(44-38)26-13-4-3-5-14-26;1-2-12-24(13-3-1)40-41-35(39-36(42-40)30-17-7-11-21-34(30)45-39)29-16-5-9-19-32(29)43-31-18-8-4-14-25(31)27-22-23-28-26-15-6-10-20-33(26)44-38(28)37(27)43/h1-28H;3-25H,1-2H3;1-23H. The molecule has 1 aliphatic carbocycles. The number of aromatic nitrogens is 10. The minimum absolute atomic E-state index is 0.143. The quantitative estimate of drug-likeness (QED) is 0.134. The Labute approximate surface area is 831 Å². The molecule has 0 radical (unpaired) electrons. The third-order valence-electron chi connectivity index (χ3n) is 28.9. The molecule has 19 aromatic carbocycles. The van der Waals surface area contributed by atoms with Gasteiger partial charge in [-0.25, -0.2) is 29.9 Å². The predicted octanol–water partition coefficient (Wildman–Crippen LogP) is 35.1. The van der Waals surface area contributed by atoms with Gasteiger partial charge in [0, 0.05) is 140 Å². The monoisotopic (exact) mass is 1880 g/mol. The van der Waals surface area contributed by atoms with E-state index in [0.29, 0.717) is 0 Å². The molecule has 30 aromatic rings. The molecule has 0 saturated heterocycles. The van der Waals surface area contributed by atoms with Crippen molar-refractivity contribution in [2.24, 2.45) is 0 Å². The van der Waals surface area contributed by atoms with Gasteiger partial charge >= 0.3 is 0 Å². The average Bonchev–Trinajstić information content (AvgIpc) is 1.67. The second-order valence-corrected chi connectivity index (χ2v) is 40.5. The molecule has 0 bridgehead atoms. The van der Waals surface area contributed by atoms with Gasteiger partial charge in [-0.1, -0.05) is 366 Å². The zero-order chi connectivity index (χ0) is 94.2. The molecule has 0 N–H and O–H groups in total. The van der Waals surface area contributed by atoms with Gasteiger partial charge in [0.1, 0.15) is 5.58 Å². The van der Waals surface area contributed by atoms with Gasteiger partial charge in [-0.2, -0.15) is 0 Å². The van der Waals surface area contributed by atoms with E-state index in [9.17, 15) is 0 Å². The van der Waals surface area contributed by atoms with E-state index in [4.69, 9.17) is 34.3 Å². The highest BCUT2D eigenvalue weighted by Crippen LogP contribution is 2.55. The molecular formula is C129H80N10OS3. The zero-order valence-corrected chi connectivity index (χ0v) is 79.8. The lowest BCUT2D eigenvalue weighted by molar-refractivity contribution is 0.664. The van der Waals surface area contributed by atoms with Crippen molar-refractivity contribution in [3.8, 4) is 102 Å². The van der Waals surface area contributed by atoms with Gasteiger partial charge in [-0.05, 0) is 119 Å². The molecule has 0 unspecified atom stereocenters. The van der Waals surface area contributed by atoms with Crippen LogP contribution in [0.25, 0.3) is 272 Å². The summed E-state index contributed by atoms with van der Waals surface area (Å²) in [6, 6.07) is 160. The van der Waals surface area contributed by atoms with Crippen molar-refractivity contribution < 1.29 is 4.42 Å². The maximum atomic E-state index is 6.65. The normalized spacial score (nSPS) is 12.5. The Hall–Kier alpha value is -17.9. The van der Waals surface area contributed by atoms with E-state index < -0.39 is 0 Å². The Balaban J connectivity index is 0.000000102. The van der Waals surface area contributed by atoms with E-state index in [-0.39, 0.29) is 5.41 Å². The van der Waals surface area contributed by atoms with Crippen LogP contribution in [0.4, 0.5) is 0 Å². The number of thiophene rings is 3. The molecular weight excluding hydrogens is 1800 g/mol. The van der Waals surface area contributed by atoms with Crippen LogP contribution >= 0.6 is 34.0 Å². The van der Waals surface area contributed by atoms with Gasteiger partial charge in [0.25, 0.3) is 0 Å². The van der Waals surface area contributed by atoms with E-state index in [1.807, 2.05) is 54.6 Å². The Kier molecular flexibility index (Phi) is 18.7. The van der Waals surface area contributed by atoms with Gasteiger partial charge in [0.2, 0.25) is 0 Å². The van der Waals surface area contributed by atoms with Crippen molar-refractivity contribution in [2.45, 2.75) is 19.3 Å².